The zero-order chi connectivity index (χ0) is 16.5. The Balaban J connectivity index is 1.71. The van der Waals surface area contributed by atoms with Gasteiger partial charge < -0.3 is 20.5 Å². The fourth-order valence-electron chi connectivity index (χ4n) is 2.17. The van der Waals surface area contributed by atoms with Gasteiger partial charge in [-0.1, -0.05) is 52.3 Å². The van der Waals surface area contributed by atoms with Crippen molar-refractivity contribution in [3.8, 4) is 5.75 Å². The molecule has 124 valence electrons. The number of benzene rings is 2. The molecule has 23 heavy (non-hydrogen) atoms. The molecular weight excluding hydrogens is 360 g/mol. The first-order valence-electron chi connectivity index (χ1n) is 7.52. The number of nitrogens with one attached hydrogen (secondary N) is 2. The summed E-state index contributed by atoms with van der Waals surface area (Å²) in [6, 6.07) is 13.9. The van der Waals surface area contributed by atoms with E-state index in [1.54, 1.807) is 0 Å². The van der Waals surface area contributed by atoms with E-state index < -0.39 is 6.10 Å². The summed E-state index contributed by atoms with van der Waals surface area (Å²) < 4.78 is 5.73. The van der Waals surface area contributed by atoms with E-state index in [1.165, 1.54) is 0 Å². The number of ether oxygens (including phenoxy) is 1. The second-order valence-corrected chi connectivity index (χ2v) is 5.69. The van der Waals surface area contributed by atoms with E-state index in [9.17, 15) is 9.90 Å². The zero-order valence-corrected chi connectivity index (χ0v) is 14.4. The largest absolute Gasteiger partial charge is 0.490 e. The highest BCUT2D eigenvalue weighted by Gasteiger charge is 2.07. The summed E-state index contributed by atoms with van der Waals surface area (Å²) in [5.41, 5.74) is 0. The molecule has 0 heterocycles. The number of halogens is 1. The quantitative estimate of drug-likeness (QED) is 0.457. The summed E-state index contributed by atoms with van der Waals surface area (Å²) in [5, 5.41) is 18.2. The molecule has 5 nitrogen and oxygen atoms in total. The Morgan fingerprint density at radius 2 is 1.96 bits per heavy atom. The normalized spacial score (nSPS) is 12.1. The molecular formula is C17H21BrN2O3. The monoisotopic (exact) mass is 380 g/mol. The molecule has 0 unspecified atom stereocenters. The Kier molecular flexibility index (Phi) is 7.32. The lowest BCUT2D eigenvalue weighted by molar-refractivity contribution is -0.118. The van der Waals surface area contributed by atoms with E-state index in [2.05, 4.69) is 26.6 Å². The van der Waals surface area contributed by atoms with Gasteiger partial charge >= 0.3 is 0 Å². The highest BCUT2D eigenvalue weighted by atomic mass is 79.9. The Hall–Kier alpha value is -1.63. The maximum Gasteiger partial charge on any atom is 0.230 e. The van der Waals surface area contributed by atoms with E-state index in [0.29, 0.717) is 25.0 Å². The molecule has 3 N–H and O–H groups in total. The SMILES string of the molecule is O=C(CBr)NCCNC[C@@H](O)COc1cccc2ccccc12. The number of aliphatic hydroxyl groups excluding tert-OH is 1. The maximum absolute atomic E-state index is 11.0. The minimum atomic E-state index is -0.610. The van der Waals surface area contributed by atoms with E-state index in [4.69, 9.17) is 4.74 Å². The van der Waals surface area contributed by atoms with E-state index in [0.717, 1.165) is 16.5 Å². The van der Waals surface area contributed by atoms with Gasteiger partial charge in [0.05, 0.1) is 5.33 Å². The van der Waals surface area contributed by atoms with Crippen molar-refractivity contribution < 1.29 is 14.6 Å². The van der Waals surface area contributed by atoms with Crippen molar-refractivity contribution in [1.82, 2.24) is 10.6 Å². The average molecular weight is 381 g/mol. The standard InChI is InChI=1S/C17H21BrN2O3/c18-10-17(22)20-9-8-19-11-14(21)12-23-16-7-3-5-13-4-1-2-6-15(13)16/h1-7,14,19,21H,8-12H2,(H,20,22)/t14-/m1/s1. The minimum Gasteiger partial charge on any atom is -0.490 e. The smallest absolute Gasteiger partial charge is 0.230 e. The van der Waals surface area contributed by atoms with Gasteiger partial charge in [0.2, 0.25) is 5.91 Å². The molecule has 0 aliphatic rings. The van der Waals surface area contributed by atoms with Crippen molar-refractivity contribution in [3.63, 3.8) is 0 Å². The summed E-state index contributed by atoms with van der Waals surface area (Å²) in [5.74, 6) is 0.721. The van der Waals surface area contributed by atoms with Crippen LogP contribution in [0.4, 0.5) is 0 Å². The minimum absolute atomic E-state index is 0.0494. The predicted molar refractivity (Wildman–Crippen MR) is 95.1 cm³/mol. The summed E-state index contributed by atoms with van der Waals surface area (Å²) in [6.07, 6.45) is -0.610. The molecule has 0 saturated heterocycles. The first-order chi connectivity index (χ1) is 11.2. The number of aliphatic hydroxyl groups is 1. The number of hydrogen-bond donors (Lipinski definition) is 3. The highest BCUT2D eigenvalue weighted by Crippen LogP contribution is 2.25. The number of rotatable bonds is 9. The van der Waals surface area contributed by atoms with Gasteiger partial charge in [0, 0.05) is 25.0 Å². The Bertz CT molecular complexity index is 631. The van der Waals surface area contributed by atoms with Gasteiger partial charge in [-0.05, 0) is 11.5 Å². The van der Waals surface area contributed by atoms with Crippen LogP contribution >= 0.6 is 15.9 Å². The van der Waals surface area contributed by atoms with Crippen LogP contribution in [-0.4, -0.2) is 48.7 Å². The molecule has 2 rings (SSSR count). The van der Waals surface area contributed by atoms with Crippen LogP contribution in [0.25, 0.3) is 10.8 Å². The molecule has 0 bridgehead atoms. The van der Waals surface area contributed by atoms with E-state index >= 15 is 0 Å². The number of hydrogen-bond acceptors (Lipinski definition) is 4. The molecule has 0 saturated carbocycles. The van der Waals surface area contributed by atoms with Crippen molar-refractivity contribution in [2.45, 2.75) is 6.10 Å². The molecule has 0 aromatic heterocycles. The molecule has 0 aliphatic carbocycles. The molecule has 1 amide bonds. The van der Waals surface area contributed by atoms with Gasteiger partial charge in [0.25, 0.3) is 0 Å². The van der Waals surface area contributed by atoms with Crippen molar-refractivity contribution in [1.29, 1.82) is 0 Å². The lowest BCUT2D eigenvalue weighted by Crippen LogP contribution is -2.37. The zero-order valence-electron chi connectivity index (χ0n) is 12.8. The Labute approximate surface area is 144 Å². The summed E-state index contributed by atoms with van der Waals surface area (Å²) in [6.45, 7) is 1.76. The maximum atomic E-state index is 11.0. The first kappa shape index (κ1) is 17.7. The number of fused-ring (bicyclic) bond motifs is 1. The molecule has 6 heteroatoms. The number of alkyl halides is 1. The van der Waals surface area contributed by atoms with Crippen molar-refractivity contribution in [3.05, 3.63) is 42.5 Å². The van der Waals surface area contributed by atoms with Gasteiger partial charge in [0.15, 0.2) is 0 Å². The van der Waals surface area contributed by atoms with Crippen molar-refractivity contribution >= 4 is 32.6 Å². The molecule has 0 fully saturated rings. The molecule has 2 aromatic rings. The topological polar surface area (TPSA) is 70.6 Å². The highest BCUT2D eigenvalue weighted by molar-refractivity contribution is 9.09. The summed E-state index contributed by atoms with van der Waals surface area (Å²) >= 11 is 3.08. The average Bonchev–Trinajstić information content (AvgIpc) is 2.59. The Morgan fingerprint density at radius 3 is 2.78 bits per heavy atom. The van der Waals surface area contributed by atoms with Gasteiger partial charge in [0.1, 0.15) is 18.5 Å². The first-order valence-corrected chi connectivity index (χ1v) is 8.65. The third-order valence-corrected chi connectivity index (χ3v) is 3.82. The van der Waals surface area contributed by atoms with E-state index in [1.807, 2.05) is 42.5 Å². The third-order valence-electron chi connectivity index (χ3n) is 3.31. The van der Waals surface area contributed by atoms with Crippen LogP contribution in [0.2, 0.25) is 0 Å². The summed E-state index contributed by atoms with van der Waals surface area (Å²) in [4.78, 5) is 11.0. The predicted octanol–water partition coefficient (Wildman–Crippen LogP) is 1.68. The molecule has 0 spiro atoms. The van der Waals surface area contributed by atoms with Crippen LogP contribution in [-0.2, 0) is 4.79 Å². The molecule has 0 aliphatic heterocycles. The van der Waals surface area contributed by atoms with Crippen LogP contribution in [0.3, 0.4) is 0 Å². The van der Waals surface area contributed by atoms with E-state index in [-0.39, 0.29) is 12.5 Å². The number of amides is 1. The van der Waals surface area contributed by atoms with Crippen LogP contribution in [0.5, 0.6) is 5.75 Å². The lowest BCUT2D eigenvalue weighted by Gasteiger charge is -2.14. The van der Waals surface area contributed by atoms with Gasteiger partial charge in [-0.2, -0.15) is 0 Å². The van der Waals surface area contributed by atoms with Crippen molar-refractivity contribution in [2.75, 3.05) is 31.6 Å². The Morgan fingerprint density at radius 1 is 1.17 bits per heavy atom. The molecule has 0 radical (unpaired) electrons. The number of carbonyl (C=O) groups excluding carboxylic acids is 1. The van der Waals surface area contributed by atoms with Gasteiger partial charge in [-0.15, -0.1) is 0 Å². The third kappa shape index (κ3) is 5.82. The molecule has 1 atom stereocenters. The van der Waals surface area contributed by atoms with Crippen LogP contribution < -0.4 is 15.4 Å². The fraction of sp³-hybridized carbons (Fsp3) is 0.353. The summed E-state index contributed by atoms with van der Waals surface area (Å²) in [7, 11) is 0. The molecule has 2 aromatic carbocycles. The van der Waals surface area contributed by atoms with Gasteiger partial charge in [-0.3, -0.25) is 4.79 Å². The fourth-order valence-corrected chi connectivity index (χ4v) is 2.37. The van der Waals surface area contributed by atoms with Crippen LogP contribution in [0.15, 0.2) is 42.5 Å². The second kappa shape index (κ2) is 9.50. The van der Waals surface area contributed by atoms with Crippen molar-refractivity contribution in [2.24, 2.45) is 0 Å². The van der Waals surface area contributed by atoms with Crippen LogP contribution in [0, 0.1) is 0 Å². The lowest BCUT2D eigenvalue weighted by atomic mass is 10.1. The number of carbonyl (C=O) groups is 1. The van der Waals surface area contributed by atoms with Crippen LogP contribution in [0.1, 0.15) is 0 Å². The second-order valence-electron chi connectivity index (χ2n) is 5.13. The van der Waals surface area contributed by atoms with Gasteiger partial charge in [-0.25, -0.2) is 0 Å².